The van der Waals surface area contributed by atoms with E-state index in [0.29, 0.717) is 21.0 Å². The van der Waals surface area contributed by atoms with Gasteiger partial charge in [-0.2, -0.15) is 0 Å². The highest BCUT2D eigenvalue weighted by atomic mass is 32.2. The van der Waals surface area contributed by atoms with Gasteiger partial charge >= 0.3 is 5.97 Å². The summed E-state index contributed by atoms with van der Waals surface area (Å²) >= 11 is 0. The Hall–Kier alpha value is -3.07. The Bertz CT molecular complexity index is 1140. The lowest BCUT2D eigenvalue weighted by Gasteiger charge is -2.32. The van der Waals surface area contributed by atoms with E-state index in [4.69, 9.17) is 11.1 Å². The van der Waals surface area contributed by atoms with E-state index in [9.17, 15) is 23.4 Å². The van der Waals surface area contributed by atoms with E-state index in [1.165, 1.54) is 18.2 Å². The number of nitrogens with zero attached hydrogens (tertiary/aromatic N) is 1. The molecule has 34 heavy (non-hydrogen) atoms. The van der Waals surface area contributed by atoms with Crippen molar-refractivity contribution in [1.29, 1.82) is 5.41 Å². The minimum Gasteiger partial charge on any atom is -0.508 e. The van der Waals surface area contributed by atoms with E-state index in [-0.39, 0.29) is 34.8 Å². The van der Waals surface area contributed by atoms with Crippen molar-refractivity contribution < 1.29 is 23.4 Å². The fourth-order valence-electron chi connectivity index (χ4n) is 3.93. The van der Waals surface area contributed by atoms with Crippen LogP contribution in [0.4, 0.5) is 0 Å². The predicted octanol–water partition coefficient (Wildman–Crippen LogP) is 4.34. The molecule has 0 amide bonds. The fraction of sp³-hybridized carbons (Fsp3) is 0.440. The number of sulfonamides is 1. The van der Waals surface area contributed by atoms with Gasteiger partial charge < -0.3 is 15.9 Å². The molecule has 0 aromatic heterocycles. The molecule has 0 saturated carbocycles. The molecule has 1 atom stereocenters. The highest BCUT2D eigenvalue weighted by Crippen LogP contribution is 2.37. The number of carbonyl (C=O) groups is 1. The van der Waals surface area contributed by atoms with Crippen molar-refractivity contribution in [2.75, 3.05) is 0 Å². The van der Waals surface area contributed by atoms with Crippen LogP contribution in [-0.4, -0.2) is 40.9 Å². The highest BCUT2D eigenvalue weighted by Gasteiger charge is 2.40. The molecular weight excluding hydrogens is 454 g/mol. The van der Waals surface area contributed by atoms with E-state index >= 15 is 0 Å². The van der Waals surface area contributed by atoms with Crippen LogP contribution >= 0.6 is 0 Å². The molecule has 0 unspecified atom stereocenters. The zero-order valence-electron chi connectivity index (χ0n) is 20.5. The maximum atomic E-state index is 14.1. The molecule has 0 aliphatic heterocycles. The molecule has 0 saturated heterocycles. The second-order valence-corrected chi connectivity index (χ2v) is 11.2. The highest BCUT2D eigenvalue weighted by molar-refractivity contribution is 7.89. The van der Waals surface area contributed by atoms with Crippen LogP contribution in [0.25, 0.3) is 0 Å². The maximum Gasteiger partial charge on any atom is 0.328 e. The molecule has 2 aromatic rings. The van der Waals surface area contributed by atoms with Crippen LogP contribution in [0.15, 0.2) is 41.3 Å². The zero-order valence-corrected chi connectivity index (χ0v) is 21.3. The first kappa shape index (κ1) is 27.2. The van der Waals surface area contributed by atoms with Gasteiger partial charge in [0.1, 0.15) is 11.8 Å². The fourth-order valence-corrected chi connectivity index (χ4v) is 6.07. The Morgan fingerprint density at radius 2 is 1.53 bits per heavy atom. The normalized spacial score (nSPS) is 12.9. The summed E-state index contributed by atoms with van der Waals surface area (Å²) in [6, 6.07) is 7.92. The van der Waals surface area contributed by atoms with Gasteiger partial charge in [-0.05, 0) is 52.1 Å². The first-order chi connectivity index (χ1) is 15.7. The minimum atomic E-state index is -4.53. The SMILES string of the molecule is CC(C)c1cc(C(C)C)c(S(=O)(=O)N(C(=N)N)[C@@H](Cc2cccc(O)c2)C(=O)O)c(C(C)C)c1. The lowest BCUT2D eigenvalue weighted by molar-refractivity contribution is -0.140. The number of aromatic hydroxyl groups is 1. The summed E-state index contributed by atoms with van der Waals surface area (Å²) in [5.74, 6) is -2.60. The van der Waals surface area contributed by atoms with E-state index in [2.05, 4.69) is 0 Å². The van der Waals surface area contributed by atoms with Crippen molar-refractivity contribution in [2.24, 2.45) is 5.73 Å². The molecule has 0 bridgehead atoms. The van der Waals surface area contributed by atoms with Crippen molar-refractivity contribution in [1.82, 2.24) is 4.31 Å². The lowest BCUT2D eigenvalue weighted by Crippen LogP contribution is -2.52. The number of carboxylic acids is 1. The number of hydrogen-bond acceptors (Lipinski definition) is 5. The largest absolute Gasteiger partial charge is 0.508 e. The number of nitrogens with one attached hydrogen (secondary N) is 1. The molecule has 0 radical (unpaired) electrons. The smallest absolute Gasteiger partial charge is 0.328 e. The standard InChI is InChI=1S/C25H35N3O5S/c1-14(2)18-12-20(15(3)4)23(21(13-18)16(5)6)34(32,33)28(25(26)27)22(24(30)31)11-17-8-7-9-19(29)10-17/h7-10,12-16,22,29H,11H2,1-6H3,(H3,26,27)(H,30,31)/t22-/m0/s1. The van der Waals surface area contributed by atoms with Gasteiger partial charge in [-0.1, -0.05) is 65.8 Å². The number of guanidine groups is 1. The van der Waals surface area contributed by atoms with Crippen LogP contribution in [0.5, 0.6) is 5.75 Å². The third kappa shape index (κ3) is 5.70. The molecule has 0 heterocycles. The molecule has 0 fully saturated rings. The molecule has 5 N–H and O–H groups in total. The summed E-state index contributed by atoms with van der Waals surface area (Å²) in [5.41, 5.74) is 8.23. The number of carboxylic acid groups (broad SMARTS) is 1. The van der Waals surface area contributed by atoms with E-state index in [1.807, 2.05) is 53.7 Å². The Morgan fingerprint density at radius 3 is 1.91 bits per heavy atom. The number of nitrogens with two attached hydrogens (primary N) is 1. The molecule has 0 aliphatic rings. The average molecular weight is 490 g/mol. The van der Waals surface area contributed by atoms with Crippen molar-refractivity contribution in [2.45, 2.75) is 76.7 Å². The Kier molecular flexibility index (Phi) is 8.36. The van der Waals surface area contributed by atoms with Crippen LogP contribution in [0.1, 0.15) is 81.5 Å². The average Bonchev–Trinajstić information content (AvgIpc) is 2.71. The van der Waals surface area contributed by atoms with Crippen LogP contribution in [0.3, 0.4) is 0 Å². The first-order valence-corrected chi connectivity index (χ1v) is 12.7. The number of hydrogen-bond donors (Lipinski definition) is 4. The maximum absolute atomic E-state index is 14.1. The molecule has 9 heteroatoms. The molecule has 0 spiro atoms. The second kappa shape index (κ2) is 10.5. The Balaban J connectivity index is 2.81. The molecule has 2 rings (SSSR count). The van der Waals surface area contributed by atoms with Crippen molar-refractivity contribution >= 4 is 22.0 Å². The van der Waals surface area contributed by atoms with Gasteiger partial charge in [0.2, 0.25) is 5.96 Å². The Labute approximate surface area is 202 Å². The van der Waals surface area contributed by atoms with Gasteiger partial charge in [-0.15, -0.1) is 0 Å². The topological polar surface area (TPSA) is 145 Å². The number of phenols is 1. The molecule has 0 aliphatic carbocycles. The zero-order chi connectivity index (χ0) is 26.0. The van der Waals surface area contributed by atoms with Gasteiger partial charge in [0, 0.05) is 6.42 Å². The number of aliphatic carboxylic acids is 1. The van der Waals surface area contributed by atoms with Crippen LogP contribution in [-0.2, 0) is 21.2 Å². The summed E-state index contributed by atoms with van der Waals surface area (Å²) in [6.07, 6.45) is -0.277. The second-order valence-electron chi connectivity index (χ2n) is 9.41. The summed E-state index contributed by atoms with van der Waals surface area (Å²) in [7, 11) is -4.53. The molecular formula is C25H35N3O5S. The first-order valence-electron chi connectivity index (χ1n) is 11.2. The Morgan fingerprint density at radius 1 is 1.00 bits per heavy atom. The molecule has 186 valence electrons. The monoisotopic (exact) mass is 489 g/mol. The number of rotatable bonds is 9. The van der Waals surface area contributed by atoms with Crippen molar-refractivity contribution in [3.63, 3.8) is 0 Å². The van der Waals surface area contributed by atoms with E-state index < -0.39 is 28.0 Å². The lowest BCUT2D eigenvalue weighted by atomic mass is 9.89. The summed E-state index contributed by atoms with van der Waals surface area (Å²) in [5, 5.41) is 27.8. The predicted molar refractivity (Wildman–Crippen MR) is 133 cm³/mol. The quantitative estimate of drug-likeness (QED) is 0.304. The van der Waals surface area contributed by atoms with Gasteiger partial charge in [-0.3, -0.25) is 5.41 Å². The van der Waals surface area contributed by atoms with Gasteiger partial charge in [0.15, 0.2) is 0 Å². The van der Waals surface area contributed by atoms with Gasteiger partial charge in [0.25, 0.3) is 10.0 Å². The minimum absolute atomic E-state index is 0.000686. The van der Waals surface area contributed by atoms with E-state index in [0.717, 1.165) is 5.56 Å². The third-order valence-electron chi connectivity index (χ3n) is 5.74. The van der Waals surface area contributed by atoms with Gasteiger partial charge in [-0.25, -0.2) is 17.5 Å². The van der Waals surface area contributed by atoms with Crippen molar-refractivity contribution in [3.05, 3.63) is 58.7 Å². The van der Waals surface area contributed by atoms with E-state index in [1.54, 1.807) is 6.07 Å². The van der Waals surface area contributed by atoms with Crippen LogP contribution in [0, 0.1) is 5.41 Å². The third-order valence-corrected chi connectivity index (χ3v) is 7.70. The van der Waals surface area contributed by atoms with Gasteiger partial charge in [0.05, 0.1) is 4.90 Å². The summed E-state index contributed by atoms with van der Waals surface area (Å²) in [6.45, 7) is 11.6. The van der Waals surface area contributed by atoms with Crippen molar-refractivity contribution in [3.8, 4) is 5.75 Å². The number of phenolic OH excluding ortho intramolecular Hbond substituents is 1. The summed E-state index contributed by atoms with van der Waals surface area (Å²) in [4.78, 5) is 12.3. The molecule has 8 nitrogen and oxygen atoms in total. The van der Waals surface area contributed by atoms with Crippen LogP contribution in [0.2, 0.25) is 0 Å². The number of benzene rings is 2. The van der Waals surface area contributed by atoms with Crippen LogP contribution < -0.4 is 5.73 Å². The summed E-state index contributed by atoms with van der Waals surface area (Å²) < 4.78 is 28.7. The molecule has 2 aromatic carbocycles.